The molecule has 1 atom stereocenters. The van der Waals surface area contributed by atoms with Crippen LogP contribution >= 0.6 is 0 Å². The lowest BCUT2D eigenvalue weighted by atomic mass is 10.1. The summed E-state index contributed by atoms with van der Waals surface area (Å²) in [6.07, 6.45) is 2.22. The predicted octanol–water partition coefficient (Wildman–Crippen LogP) is 1.81. The zero-order valence-electron chi connectivity index (χ0n) is 14.5. The summed E-state index contributed by atoms with van der Waals surface area (Å²) in [6, 6.07) is 8.19. The molecule has 1 aromatic heterocycles. The SMILES string of the molecule is CCN(c1cnnc(NCc2ccc(C)cc2)n1)C1CCS(=O)(=O)C1. The van der Waals surface area contributed by atoms with E-state index in [9.17, 15) is 8.42 Å². The van der Waals surface area contributed by atoms with E-state index in [0.717, 1.165) is 5.56 Å². The van der Waals surface area contributed by atoms with Gasteiger partial charge in [-0.15, -0.1) is 5.10 Å². The van der Waals surface area contributed by atoms with Gasteiger partial charge in [0.25, 0.3) is 0 Å². The summed E-state index contributed by atoms with van der Waals surface area (Å²) < 4.78 is 23.5. The first-order valence-corrected chi connectivity index (χ1v) is 10.2. The Balaban J connectivity index is 1.70. The fraction of sp³-hybridized carbons (Fsp3) is 0.471. The monoisotopic (exact) mass is 361 g/mol. The molecule has 1 aromatic carbocycles. The molecule has 1 N–H and O–H groups in total. The highest BCUT2D eigenvalue weighted by atomic mass is 32.2. The van der Waals surface area contributed by atoms with Crippen LogP contribution < -0.4 is 10.2 Å². The lowest BCUT2D eigenvalue weighted by molar-refractivity contribution is 0.599. The molecule has 134 valence electrons. The Kier molecular flexibility index (Phi) is 5.17. The minimum Gasteiger partial charge on any atom is -0.351 e. The third-order valence-corrected chi connectivity index (χ3v) is 6.15. The number of aryl methyl sites for hydroxylation is 1. The van der Waals surface area contributed by atoms with Crippen LogP contribution in [0.1, 0.15) is 24.5 Å². The van der Waals surface area contributed by atoms with Crippen molar-refractivity contribution in [2.24, 2.45) is 0 Å². The topological polar surface area (TPSA) is 88.1 Å². The van der Waals surface area contributed by atoms with Crippen LogP contribution in [-0.2, 0) is 16.4 Å². The van der Waals surface area contributed by atoms with Crippen molar-refractivity contribution in [3.05, 3.63) is 41.6 Å². The molecule has 1 aliphatic heterocycles. The summed E-state index contributed by atoms with van der Waals surface area (Å²) in [7, 11) is -2.94. The standard InChI is InChI=1S/C17H23N5O2S/c1-3-22(15-8-9-25(23,24)12-15)16-11-19-21-17(20-16)18-10-14-6-4-13(2)5-7-14/h4-7,11,15H,3,8-10,12H2,1-2H3,(H,18,20,21). The molecule has 2 heterocycles. The zero-order chi connectivity index (χ0) is 17.9. The molecule has 0 amide bonds. The lowest BCUT2D eigenvalue weighted by Gasteiger charge is -2.27. The van der Waals surface area contributed by atoms with E-state index in [1.807, 2.05) is 11.8 Å². The van der Waals surface area contributed by atoms with Gasteiger partial charge in [0, 0.05) is 19.1 Å². The van der Waals surface area contributed by atoms with Crippen LogP contribution in [0.5, 0.6) is 0 Å². The van der Waals surface area contributed by atoms with Crippen LogP contribution in [0.2, 0.25) is 0 Å². The van der Waals surface area contributed by atoms with Gasteiger partial charge in [-0.25, -0.2) is 8.42 Å². The normalized spacial score (nSPS) is 18.9. The van der Waals surface area contributed by atoms with Crippen LogP contribution in [0.25, 0.3) is 0 Å². The van der Waals surface area contributed by atoms with E-state index in [4.69, 9.17) is 0 Å². The Bertz CT molecular complexity index is 823. The highest BCUT2D eigenvalue weighted by Crippen LogP contribution is 2.22. The number of nitrogens with zero attached hydrogens (tertiary/aromatic N) is 4. The molecule has 3 rings (SSSR count). The van der Waals surface area contributed by atoms with Crippen LogP contribution in [-0.4, -0.2) is 47.7 Å². The molecule has 0 spiro atoms. The number of hydrogen-bond donors (Lipinski definition) is 1. The molecule has 0 radical (unpaired) electrons. The van der Waals surface area contributed by atoms with Crippen molar-refractivity contribution in [2.75, 3.05) is 28.3 Å². The van der Waals surface area contributed by atoms with E-state index in [0.29, 0.717) is 31.3 Å². The first-order valence-electron chi connectivity index (χ1n) is 8.43. The second-order valence-electron chi connectivity index (χ2n) is 6.32. The molecule has 2 aromatic rings. The number of nitrogens with one attached hydrogen (secondary N) is 1. The quantitative estimate of drug-likeness (QED) is 0.839. The predicted molar refractivity (Wildman–Crippen MR) is 98.4 cm³/mol. The molecule has 1 aliphatic rings. The number of aromatic nitrogens is 3. The number of benzene rings is 1. The van der Waals surface area contributed by atoms with E-state index in [1.165, 1.54) is 5.56 Å². The van der Waals surface area contributed by atoms with E-state index in [2.05, 4.69) is 51.7 Å². The second kappa shape index (κ2) is 7.35. The number of anilines is 2. The fourth-order valence-corrected chi connectivity index (χ4v) is 4.75. The van der Waals surface area contributed by atoms with Gasteiger partial charge in [0.05, 0.1) is 17.7 Å². The van der Waals surface area contributed by atoms with E-state index < -0.39 is 9.84 Å². The zero-order valence-corrected chi connectivity index (χ0v) is 15.3. The Morgan fingerprint density at radius 2 is 2.04 bits per heavy atom. The average molecular weight is 361 g/mol. The Morgan fingerprint density at radius 1 is 1.28 bits per heavy atom. The minimum atomic E-state index is -2.94. The van der Waals surface area contributed by atoms with Crippen LogP contribution in [0.15, 0.2) is 30.5 Å². The van der Waals surface area contributed by atoms with Gasteiger partial charge in [-0.2, -0.15) is 10.1 Å². The Hall–Kier alpha value is -2.22. The van der Waals surface area contributed by atoms with Crippen LogP contribution in [0, 0.1) is 6.92 Å². The highest BCUT2D eigenvalue weighted by molar-refractivity contribution is 7.91. The highest BCUT2D eigenvalue weighted by Gasteiger charge is 2.32. The van der Waals surface area contributed by atoms with Gasteiger partial charge in [0.2, 0.25) is 5.95 Å². The van der Waals surface area contributed by atoms with Crippen molar-refractivity contribution in [2.45, 2.75) is 32.9 Å². The summed E-state index contributed by atoms with van der Waals surface area (Å²) in [6.45, 7) is 5.33. The summed E-state index contributed by atoms with van der Waals surface area (Å²) in [4.78, 5) is 6.51. The molecular formula is C17H23N5O2S. The van der Waals surface area contributed by atoms with Crippen molar-refractivity contribution < 1.29 is 8.42 Å². The van der Waals surface area contributed by atoms with Crippen molar-refractivity contribution in [1.29, 1.82) is 0 Å². The van der Waals surface area contributed by atoms with Crippen LogP contribution in [0.4, 0.5) is 11.8 Å². The summed E-state index contributed by atoms with van der Waals surface area (Å²) in [5, 5.41) is 11.2. The number of rotatable bonds is 6. The van der Waals surface area contributed by atoms with Crippen molar-refractivity contribution in [1.82, 2.24) is 15.2 Å². The van der Waals surface area contributed by atoms with Gasteiger partial charge in [0.15, 0.2) is 15.7 Å². The van der Waals surface area contributed by atoms with Gasteiger partial charge in [-0.05, 0) is 25.8 Å². The fourth-order valence-electron chi connectivity index (χ4n) is 3.02. The first-order chi connectivity index (χ1) is 12.0. The Morgan fingerprint density at radius 3 is 2.68 bits per heavy atom. The molecule has 7 nitrogen and oxygen atoms in total. The maximum absolute atomic E-state index is 11.8. The molecule has 8 heteroatoms. The van der Waals surface area contributed by atoms with Gasteiger partial charge >= 0.3 is 0 Å². The molecule has 1 fully saturated rings. The summed E-state index contributed by atoms with van der Waals surface area (Å²) in [5.74, 6) is 1.52. The maximum atomic E-state index is 11.8. The third kappa shape index (κ3) is 4.45. The maximum Gasteiger partial charge on any atom is 0.244 e. The third-order valence-electron chi connectivity index (χ3n) is 4.40. The van der Waals surface area contributed by atoms with E-state index in [-0.39, 0.29) is 17.5 Å². The van der Waals surface area contributed by atoms with E-state index >= 15 is 0 Å². The smallest absolute Gasteiger partial charge is 0.244 e. The average Bonchev–Trinajstić information content (AvgIpc) is 2.95. The number of sulfone groups is 1. The van der Waals surface area contributed by atoms with Gasteiger partial charge in [-0.3, -0.25) is 0 Å². The molecule has 1 unspecified atom stereocenters. The number of hydrogen-bond acceptors (Lipinski definition) is 7. The largest absolute Gasteiger partial charge is 0.351 e. The second-order valence-corrected chi connectivity index (χ2v) is 8.55. The minimum absolute atomic E-state index is 0.0448. The molecular weight excluding hydrogens is 338 g/mol. The molecule has 25 heavy (non-hydrogen) atoms. The van der Waals surface area contributed by atoms with Crippen molar-refractivity contribution in [3.63, 3.8) is 0 Å². The summed E-state index contributed by atoms with van der Waals surface area (Å²) >= 11 is 0. The van der Waals surface area contributed by atoms with Gasteiger partial charge in [0.1, 0.15) is 0 Å². The van der Waals surface area contributed by atoms with Crippen molar-refractivity contribution in [3.8, 4) is 0 Å². The molecule has 1 saturated heterocycles. The van der Waals surface area contributed by atoms with E-state index in [1.54, 1.807) is 6.20 Å². The molecule has 0 bridgehead atoms. The Labute approximate surface area is 148 Å². The first kappa shape index (κ1) is 17.6. The summed E-state index contributed by atoms with van der Waals surface area (Å²) in [5.41, 5.74) is 2.35. The molecule has 0 aliphatic carbocycles. The van der Waals surface area contributed by atoms with Crippen molar-refractivity contribution >= 4 is 21.6 Å². The lowest BCUT2D eigenvalue weighted by Crippen LogP contribution is -2.37. The molecule has 0 saturated carbocycles. The van der Waals surface area contributed by atoms with Gasteiger partial charge in [-0.1, -0.05) is 29.8 Å². The van der Waals surface area contributed by atoms with Crippen LogP contribution in [0.3, 0.4) is 0 Å². The van der Waals surface area contributed by atoms with Gasteiger partial charge < -0.3 is 10.2 Å².